The molecule has 0 saturated heterocycles. The Hall–Kier alpha value is -1.77. The van der Waals surface area contributed by atoms with Crippen LogP contribution in [-0.4, -0.2) is 49.0 Å². The molecule has 0 aliphatic heterocycles. The molecule has 2 rings (SSSR count). The quantitative estimate of drug-likeness (QED) is 0.373. The van der Waals surface area contributed by atoms with Gasteiger partial charge in [-0.3, -0.25) is 9.79 Å². The molecule has 27 heavy (non-hydrogen) atoms. The van der Waals surface area contributed by atoms with E-state index in [0.29, 0.717) is 18.9 Å². The van der Waals surface area contributed by atoms with Gasteiger partial charge in [0, 0.05) is 37.5 Å². The van der Waals surface area contributed by atoms with Crippen LogP contribution in [0, 0.1) is 0 Å². The van der Waals surface area contributed by atoms with Gasteiger partial charge in [-0.05, 0) is 39.8 Å². The van der Waals surface area contributed by atoms with E-state index in [4.69, 9.17) is 4.42 Å². The second-order valence-electron chi connectivity index (χ2n) is 7.39. The van der Waals surface area contributed by atoms with E-state index in [-0.39, 0.29) is 42.0 Å². The van der Waals surface area contributed by atoms with Gasteiger partial charge in [0.25, 0.3) is 0 Å². The normalized spacial score (nSPS) is 11.8. The summed E-state index contributed by atoms with van der Waals surface area (Å²) in [5, 5.41) is 7.30. The van der Waals surface area contributed by atoms with Crippen LogP contribution in [0.5, 0.6) is 0 Å². The smallest absolute Gasteiger partial charge is 0.240 e. The Morgan fingerprint density at radius 1 is 1.26 bits per heavy atom. The summed E-state index contributed by atoms with van der Waals surface area (Å²) in [5.41, 5.74) is 0.656. The largest absolute Gasteiger partial charge is 0.461 e. The van der Waals surface area contributed by atoms with Crippen molar-refractivity contribution in [3.8, 4) is 0 Å². The number of halogens is 1. The average Bonchev–Trinajstić information content (AvgIpc) is 2.94. The Kier molecular flexibility index (Phi) is 9.08. The van der Waals surface area contributed by atoms with E-state index < -0.39 is 0 Å². The van der Waals surface area contributed by atoms with Crippen LogP contribution in [0.2, 0.25) is 0 Å². The molecule has 0 aliphatic carbocycles. The number of carbonyl (C=O) groups is 1. The maximum atomic E-state index is 12.1. The Morgan fingerprint density at radius 2 is 1.96 bits per heavy atom. The molecule has 2 aromatic rings. The Bertz CT molecular complexity index is 732. The van der Waals surface area contributed by atoms with Gasteiger partial charge in [-0.25, -0.2) is 0 Å². The highest BCUT2D eigenvalue weighted by Gasteiger charge is 2.16. The van der Waals surface area contributed by atoms with Crippen molar-refractivity contribution in [1.29, 1.82) is 0 Å². The minimum Gasteiger partial charge on any atom is -0.461 e. The Labute approximate surface area is 178 Å². The van der Waals surface area contributed by atoms with Crippen molar-refractivity contribution in [2.24, 2.45) is 4.99 Å². The van der Waals surface area contributed by atoms with E-state index in [1.54, 1.807) is 0 Å². The number of amides is 1. The van der Waals surface area contributed by atoms with Gasteiger partial charge in [0.2, 0.25) is 5.91 Å². The fraction of sp³-hybridized carbons (Fsp3) is 0.500. The number of fused-ring (bicyclic) bond motifs is 1. The average molecular weight is 486 g/mol. The molecular weight excluding hydrogens is 455 g/mol. The molecule has 0 fully saturated rings. The molecule has 150 valence electrons. The van der Waals surface area contributed by atoms with Crippen LogP contribution in [0.3, 0.4) is 0 Å². The minimum absolute atomic E-state index is 0. The summed E-state index contributed by atoms with van der Waals surface area (Å²) in [6.45, 7) is 9.51. The number of para-hydroxylation sites is 1. The highest BCUT2D eigenvalue weighted by molar-refractivity contribution is 14.0. The molecule has 1 aromatic heterocycles. The summed E-state index contributed by atoms with van der Waals surface area (Å²) in [4.78, 5) is 18.6. The van der Waals surface area contributed by atoms with Crippen molar-refractivity contribution in [2.75, 3.05) is 26.7 Å². The highest BCUT2D eigenvalue weighted by atomic mass is 127. The summed E-state index contributed by atoms with van der Waals surface area (Å²) in [7, 11) is 1.87. The molecule has 1 aromatic carbocycles. The molecule has 1 amide bonds. The van der Waals surface area contributed by atoms with Crippen LogP contribution in [-0.2, 0) is 11.2 Å². The zero-order valence-electron chi connectivity index (χ0n) is 16.8. The van der Waals surface area contributed by atoms with Crippen molar-refractivity contribution in [2.45, 2.75) is 39.7 Å². The summed E-state index contributed by atoms with van der Waals surface area (Å²) < 4.78 is 5.82. The Balaban J connectivity index is 0.00000364. The number of carbonyl (C=O) groups excluding carboxylic acids is 1. The first-order valence-corrected chi connectivity index (χ1v) is 9.06. The summed E-state index contributed by atoms with van der Waals surface area (Å²) in [6.07, 6.45) is 0.714. The van der Waals surface area contributed by atoms with Crippen molar-refractivity contribution >= 4 is 46.8 Å². The van der Waals surface area contributed by atoms with Gasteiger partial charge in [0.15, 0.2) is 5.96 Å². The third kappa shape index (κ3) is 7.78. The van der Waals surface area contributed by atoms with Gasteiger partial charge in [-0.2, -0.15) is 0 Å². The maximum absolute atomic E-state index is 12.1. The Morgan fingerprint density at radius 3 is 2.59 bits per heavy atom. The molecular formula is C20H31IN4O2. The predicted octanol–water partition coefficient (Wildman–Crippen LogP) is 3.41. The van der Waals surface area contributed by atoms with Gasteiger partial charge < -0.3 is 20.0 Å². The lowest BCUT2D eigenvalue weighted by Gasteiger charge is -2.25. The number of nitrogens with zero attached hydrogens (tertiary/aromatic N) is 2. The van der Waals surface area contributed by atoms with E-state index in [0.717, 1.165) is 23.3 Å². The van der Waals surface area contributed by atoms with Crippen molar-refractivity contribution in [1.82, 2.24) is 15.5 Å². The van der Waals surface area contributed by atoms with E-state index in [9.17, 15) is 4.79 Å². The number of hydrogen-bond acceptors (Lipinski definition) is 3. The standard InChI is InChI=1S/C20H30N4O2.HI/c1-6-21-19(24(5)14-18(25)23-20(2,3)4)22-12-11-16-13-15-9-7-8-10-17(15)26-16;/h7-10,13H,6,11-12,14H2,1-5H3,(H,21,22)(H,23,25);1H. The lowest BCUT2D eigenvalue weighted by Crippen LogP contribution is -2.48. The second-order valence-corrected chi connectivity index (χ2v) is 7.39. The fourth-order valence-corrected chi connectivity index (χ4v) is 2.65. The minimum atomic E-state index is -0.241. The topological polar surface area (TPSA) is 69.9 Å². The first-order valence-electron chi connectivity index (χ1n) is 9.06. The molecule has 7 heteroatoms. The SMILES string of the molecule is CCNC(=NCCc1cc2ccccc2o1)N(C)CC(=O)NC(C)(C)C.I. The lowest BCUT2D eigenvalue weighted by molar-refractivity contribution is -0.122. The summed E-state index contributed by atoms with van der Waals surface area (Å²) in [5.74, 6) is 1.61. The first kappa shape index (κ1) is 23.3. The van der Waals surface area contributed by atoms with E-state index in [1.165, 1.54) is 0 Å². The van der Waals surface area contributed by atoms with Crippen molar-refractivity contribution in [3.05, 3.63) is 36.1 Å². The zero-order valence-corrected chi connectivity index (χ0v) is 19.2. The van der Waals surface area contributed by atoms with Crippen molar-refractivity contribution < 1.29 is 9.21 Å². The highest BCUT2D eigenvalue weighted by Crippen LogP contribution is 2.19. The second kappa shape index (κ2) is 10.5. The van der Waals surface area contributed by atoms with E-state index >= 15 is 0 Å². The monoisotopic (exact) mass is 486 g/mol. The number of benzene rings is 1. The molecule has 0 aliphatic rings. The molecule has 2 N–H and O–H groups in total. The van der Waals surface area contributed by atoms with Gasteiger partial charge >= 0.3 is 0 Å². The summed E-state index contributed by atoms with van der Waals surface area (Å²) in [6, 6.07) is 10.0. The molecule has 0 spiro atoms. The zero-order chi connectivity index (χ0) is 19.2. The number of nitrogens with one attached hydrogen (secondary N) is 2. The van der Waals surface area contributed by atoms with Gasteiger partial charge in [-0.15, -0.1) is 24.0 Å². The molecule has 0 bridgehead atoms. The molecule has 0 unspecified atom stereocenters. The van der Waals surface area contributed by atoms with Crippen LogP contribution >= 0.6 is 24.0 Å². The number of hydrogen-bond donors (Lipinski definition) is 2. The van der Waals surface area contributed by atoms with Gasteiger partial charge in [-0.1, -0.05) is 18.2 Å². The molecule has 0 atom stereocenters. The summed E-state index contributed by atoms with van der Waals surface area (Å²) >= 11 is 0. The first-order chi connectivity index (χ1) is 12.3. The number of rotatable bonds is 6. The predicted molar refractivity (Wildman–Crippen MR) is 122 cm³/mol. The molecule has 0 radical (unpaired) electrons. The fourth-order valence-electron chi connectivity index (χ4n) is 2.65. The van der Waals surface area contributed by atoms with Gasteiger partial charge in [0.05, 0.1) is 6.54 Å². The number of guanidine groups is 1. The third-order valence-corrected chi connectivity index (χ3v) is 3.69. The molecule has 1 heterocycles. The third-order valence-electron chi connectivity index (χ3n) is 3.69. The van der Waals surface area contributed by atoms with Crippen LogP contribution in [0.1, 0.15) is 33.5 Å². The number of likely N-dealkylation sites (N-methyl/N-ethyl adjacent to an activating group) is 1. The number of aliphatic imine (C=N–C) groups is 1. The molecule has 0 saturated carbocycles. The number of furan rings is 1. The van der Waals surface area contributed by atoms with Gasteiger partial charge in [0.1, 0.15) is 11.3 Å². The van der Waals surface area contributed by atoms with Crippen LogP contribution in [0.25, 0.3) is 11.0 Å². The molecule has 6 nitrogen and oxygen atoms in total. The van der Waals surface area contributed by atoms with Crippen LogP contribution in [0.15, 0.2) is 39.7 Å². The van der Waals surface area contributed by atoms with Crippen LogP contribution < -0.4 is 10.6 Å². The maximum Gasteiger partial charge on any atom is 0.240 e. The van der Waals surface area contributed by atoms with Crippen LogP contribution in [0.4, 0.5) is 0 Å². The van der Waals surface area contributed by atoms with Crippen molar-refractivity contribution in [3.63, 3.8) is 0 Å². The van der Waals surface area contributed by atoms with E-state index in [2.05, 4.69) is 21.7 Å². The lowest BCUT2D eigenvalue weighted by atomic mass is 10.1. The van der Waals surface area contributed by atoms with E-state index in [1.807, 2.05) is 63.9 Å².